The highest BCUT2D eigenvalue weighted by Crippen LogP contribution is 2.31. The van der Waals surface area contributed by atoms with Gasteiger partial charge in [0.2, 0.25) is 0 Å². The fourth-order valence-corrected chi connectivity index (χ4v) is 2.89. The van der Waals surface area contributed by atoms with Gasteiger partial charge in [0.15, 0.2) is 5.69 Å². The zero-order chi connectivity index (χ0) is 17.8. The second-order valence-corrected chi connectivity index (χ2v) is 6.47. The normalized spacial score (nSPS) is 14.1. The largest absolute Gasteiger partial charge is 0.489 e. The van der Waals surface area contributed by atoms with Crippen LogP contribution in [-0.2, 0) is 13.0 Å². The molecule has 26 heavy (non-hydrogen) atoms. The first-order valence-electron chi connectivity index (χ1n) is 7.86. The lowest BCUT2D eigenvalue weighted by Gasteiger charge is -2.15. The number of hydrogen-bond acceptors (Lipinski definition) is 5. The van der Waals surface area contributed by atoms with Gasteiger partial charge in [-0.2, -0.15) is 5.10 Å². The van der Waals surface area contributed by atoms with Gasteiger partial charge >= 0.3 is 0 Å². The van der Waals surface area contributed by atoms with Crippen molar-refractivity contribution in [2.45, 2.75) is 19.1 Å². The lowest BCUT2D eigenvalue weighted by molar-refractivity contribution is 0.0839. The van der Waals surface area contributed by atoms with Crippen molar-refractivity contribution < 1.29 is 14.6 Å². The molecule has 0 fully saturated rings. The number of carbonyl (C=O) groups is 1. The summed E-state index contributed by atoms with van der Waals surface area (Å²) in [6.07, 6.45) is -0.0844. The molecule has 1 unspecified atom stereocenters. The van der Waals surface area contributed by atoms with Crippen LogP contribution in [0.4, 0.5) is 0 Å². The Bertz CT molecular complexity index is 769. The number of nitrogens with one attached hydrogen (secondary N) is 3. The number of rotatable bonds is 6. The van der Waals surface area contributed by atoms with Crippen molar-refractivity contribution in [1.82, 2.24) is 20.8 Å². The second kappa shape index (κ2) is 9.43. The van der Waals surface area contributed by atoms with Crippen LogP contribution in [0.1, 0.15) is 21.7 Å². The first-order chi connectivity index (χ1) is 12.1. The van der Waals surface area contributed by atoms with Crippen molar-refractivity contribution in [3.8, 4) is 5.75 Å². The van der Waals surface area contributed by atoms with Gasteiger partial charge < -0.3 is 20.5 Å². The van der Waals surface area contributed by atoms with E-state index >= 15 is 0 Å². The minimum Gasteiger partial charge on any atom is -0.489 e. The Kier molecular flexibility index (Phi) is 7.55. The number of aromatic amines is 1. The van der Waals surface area contributed by atoms with Gasteiger partial charge in [-0.3, -0.25) is 9.89 Å². The third-order valence-electron chi connectivity index (χ3n) is 3.87. The van der Waals surface area contributed by atoms with Gasteiger partial charge in [0.1, 0.15) is 23.5 Å². The summed E-state index contributed by atoms with van der Waals surface area (Å²) in [4.78, 5) is 12.2. The minimum absolute atomic E-state index is 0. The topological polar surface area (TPSA) is 99.3 Å². The van der Waals surface area contributed by atoms with Crippen molar-refractivity contribution in [3.05, 3.63) is 45.2 Å². The second-order valence-electron chi connectivity index (χ2n) is 5.68. The molecule has 0 bridgehead atoms. The van der Waals surface area contributed by atoms with Gasteiger partial charge in [-0.15, -0.1) is 12.4 Å². The summed E-state index contributed by atoms with van der Waals surface area (Å²) in [5.74, 6) is 0.0491. The molecule has 3 rings (SSSR count). The van der Waals surface area contributed by atoms with Crippen LogP contribution in [0.5, 0.6) is 5.75 Å². The molecule has 0 radical (unpaired) electrons. The molecule has 1 aliphatic heterocycles. The molecular weight excluding hydrogens is 403 g/mol. The molecule has 4 N–H and O–H groups in total. The van der Waals surface area contributed by atoms with Crippen molar-refractivity contribution in [2.24, 2.45) is 0 Å². The Labute approximate surface area is 166 Å². The van der Waals surface area contributed by atoms with E-state index in [-0.39, 0.29) is 36.5 Å². The van der Waals surface area contributed by atoms with Crippen LogP contribution in [-0.4, -0.2) is 47.0 Å². The molecule has 0 spiro atoms. The molecule has 1 atom stereocenters. The van der Waals surface area contributed by atoms with Crippen molar-refractivity contribution >= 4 is 41.5 Å². The highest BCUT2D eigenvalue weighted by molar-refractivity contribution is 6.42. The Balaban J connectivity index is 0.00000243. The minimum atomic E-state index is -0.896. The van der Waals surface area contributed by atoms with Crippen LogP contribution in [0.3, 0.4) is 0 Å². The van der Waals surface area contributed by atoms with Crippen LogP contribution >= 0.6 is 35.6 Å². The number of halogens is 3. The number of benzene rings is 1. The maximum absolute atomic E-state index is 12.2. The molecule has 1 aromatic carbocycles. The average Bonchev–Trinajstić information content (AvgIpc) is 3.05. The van der Waals surface area contributed by atoms with E-state index in [1.165, 1.54) is 0 Å². The zero-order valence-electron chi connectivity index (χ0n) is 13.7. The first-order valence-corrected chi connectivity index (χ1v) is 8.61. The van der Waals surface area contributed by atoms with Gasteiger partial charge in [0, 0.05) is 37.3 Å². The Morgan fingerprint density at radius 3 is 3.04 bits per heavy atom. The predicted molar refractivity (Wildman–Crippen MR) is 102 cm³/mol. The van der Waals surface area contributed by atoms with E-state index in [4.69, 9.17) is 27.9 Å². The van der Waals surface area contributed by atoms with Crippen LogP contribution in [0.15, 0.2) is 18.2 Å². The Hall–Kier alpha value is -1.51. The monoisotopic (exact) mass is 420 g/mol. The highest BCUT2D eigenvalue weighted by atomic mass is 35.5. The number of H-pyrrole nitrogens is 1. The maximum Gasteiger partial charge on any atom is 0.272 e. The lowest BCUT2D eigenvalue weighted by Crippen LogP contribution is -2.36. The van der Waals surface area contributed by atoms with Gasteiger partial charge in [-0.25, -0.2) is 0 Å². The number of ether oxygens (including phenoxy) is 1. The summed E-state index contributed by atoms with van der Waals surface area (Å²) in [6, 6.07) is 5.00. The molecule has 0 saturated heterocycles. The van der Waals surface area contributed by atoms with E-state index in [1.807, 2.05) is 0 Å². The van der Waals surface area contributed by atoms with Crippen LogP contribution in [0.2, 0.25) is 10.0 Å². The maximum atomic E-state index is 12.2. The van der Waals surface area contributed by atoms with Crippen LogP contribution in [0.25, 0.3) is 0 Å². The molecule has 10 heteroatoms. The number of amides is 1. The number of aromatic nitrogens is 2. The number of nitrogens with zero attached hydrogens (tertiary/aromatic N) is 1. The quantitative estimate of drug-likeness (QED) is 0.571. The summed E-state index contributed by atoms with van der Waals surface area (Å²) in [7, 11) is 0. The zero-order valence-corrected chi connectivity index (χ0v) is 16.0. The Morgan fingerprint density at radius 2 is 2.23 bits per heavy atom. The number of aliphatic hydroxyl groups is 1. The molecule has 1 amide bonds. The van der Waals surface area contributed by atoms with E-state index in [1.54, 1.807) is 18.2 Å². The molecule has 7 nitrogen and oxygen atoms in total. The molecule has 0 saturated carbocycles. The van der Waals surface area contributed by atoms with Crippen molar-refractivity contribution in [1.29, 1.82) is 0 Å². The Morgan fingerprint density at radius 1 is 1.42 bits per heavy atom. The smallest absolute Gasteiger partial charge is 0.272 e. The van der Waals surface area contributed by atoms with Crippen LogP contribution in [0, 0.1) is 0 Å². The van der Waals surface area contributed by atoms with E-state index in [9.17, 15) is 9.90 Å². The first kappa shape index (κ1) is 20.8. The number of fused-ring (bicyclic) bond motifs is 1. The molecule has 142 valence electrons. The fourth-order valence-electron chi connectivity index (χ4n) is 2.55. The number of aliphatic hydroxyl groups excluding tert-OH is 1. The SMILES string of the molecule is Cl.O=C(NCC(O)COc1cccc(Cl)c1Cl)c1n[nH]c2c1CNCC2. The van der Waals surface area contributed by atoms with E-state index in [2.05, 4.69) is 20.8 Å². The molecule has 2 heterocycles. The molecule has 1 aromatic heterocycles. The number of hydrogen-bond donors (Lipinski definition) is 4. The third kappa shape index (κ3) is 4.81. The van der Waals surface area contributed by atoms with E-state index in [0.29, 0.717) is 23.0 Å². The summed E-state index contributed by atoms with van der Waals surface area (Å²) in [5.41, 5.74) is 2.21. The summed E-state index contributed by atoms with van der Waals surface area (Å²) in [6.45, 7) is 1.47. The number of carbonyl (C=O) groups excluding carboxylic acids is 1. The van der Waals surface area contributed by atoms with Gasteiger partial charge in [-0.05, 0) is 12.1 Å². The molecule has 1 aliphatic rings. The van der Waals surface area contributed by atoms with Crippen LogP contribution < -0.4 is 15.4 Å². The predicted octanol–water partition coefficient (Wildman–Crippen LogP) is 1.95. The van der Waals surface area contributed by atoms with Gasteiger partial charge in [0.05, 0.1) is 5.02 Å². The lowest BCUT2D eigenvalue weighted by atomic mass is 10.1. The van der Waals surface area contributed by atoms with E-state index < -0.39 is 6.10 Å². The van der Waals surface area contributed by atoms with Gasteiger partial charge in [-0.1, -0.05) is 29.3 Å². The fraction of sp³-hybridized carbons (Fsp3) is 0.375. The van der Waals surface area contributed by atoms with Gasteiger partial charge in [0.25, 0.3) is 5.91 Å². The van der Waals surface area contributed by atoms with E-state index in [0.717, 1.165) is 24.2 Å². The molecule has 0 aliphatic carbocycles. The highest BCUT2D eigenvalue weighted by Gasteiger charge is 2.22. The standard InChI is InChI=1S/C16H18Cl2N4O3.ClH/c17-11-2-1-3-13(14(11)18)25-8-9(23)6-20-16(24)15-10-7-19-5-4-12(10)21-22-15;/h1-3,9,19,23H,4-8H2,(H,20,24)(H,21,22);1H. The third-order valence-corrected chi connectivity index (χ3v) is 4.67. The van der Waals surface area contributed by atoms with Crippen molar-refractivity contribution in [2.75, 3.05) is 19.7 Å². The molecular formula is C16H19Cl3N4O3. The average molecular weight is 422 g/mol. The van der Waals surface area contributed by atoms with Crippen molar-refractivity contribution in [3.63, 3.8) is 0 Å². The summed E-state index contributed by atoms with van der Waals surface area (Å²) >= 11 is 11.9. The summed E-state index contributed by atoms with van der Waals surface area (Å²) < 4.78 is 5.44. The summed E-state index contributed by atoms with van der Waals surface area (Å²) in [5, 5.41) is 23.5. The molecule has 2 aromatic rings.